The number of aliphatic carboxylic acids is 1. The van der Waals surface area contributed by atoms with Gasteiger partial charge in [0, 0.05) is 18.7 Å². The summed E-state index contributed by atoms with van der Waals surface area (Å²) in [6.45, 7) is 3.89. The number of hydrogen-bond donors (Lipinski definition) is 2. The van der Waals surface area contributed by atoms with Crippen LogP contribution in [0.25, 0.3) is 11.1 Å². The summed E-state index contributed by atoms with van der Waals surface area (Å²) in [4.78, 5) is 38.6. The maximum absolute atomic E-state index is 13.1. The Balaban J connectivity index is 1.47. The zero-order valence-corrected chi connectivity index (χ0v) is 19.9. The third-order valence-corrected chi connectivity index (χ3v) is 6.36. The standard InChI is InChI=1S/C28H28N2O5/c1-17-12-13-25(18(2)14-17)30(3)27(33)24(15-26(31)32)29-28(34)35-16-23-21-10-6-4-8-19(21)20-9-5-7-11-22(20)23/h4-14,23-24H,15-16H2,1-3H3,(H,29,34)(H,31,32). The van der Waals surface area contributed by atoms with Crippen LogP contribution in [0.1, 0.15) is 34.6 Å². The number of amides is 2. The van der Waals surface area contributed by atoms with Crippen LogP contribution in [0.3, 0.4) is 0 Å². The lowest BCUT2D eigenvalue weighted by Gasteiger charge is -2.25. The van der Waals surface area contributed by atoms with Gasteiger partial charge in [0.25, 0.3) is 0 Å². The number of carboxylic acids is 1. The minimum absolute atomic E-state index is 0.0702. The predicted molar refractivity (Wildman–Crippen MR) is 134 cm³/mol. The molecule has 3 aromatic rings. The number of carbonyl (C=O) groups excluding carboxylic acids is 2. The molecule has 2 amide bonds. The number of hydrogen-bond acceptors (Lipinski definition) is 4. The van der Waals surface area contributed by atoms with E-state index in [-0.39, 0.29) is 12.5 Å². The molecule has 35 heavy (non-hydrogen) atoms. The lowest BCUT2D eigenvalue weighted by Crippen LogP contribution is -2.49. The van der Waals surface area contributed by atoms with Gasteiger partial charge in [-0.2, -0.15) is 0 Å². The minimum Gasteiger partial charge on any atom is -0.481 e. The van der Waals surface area contributed by atoms with Crippen LogP contribution in [0.2, 0.25) is 0 Å². The Morgan fingerprint density at radius 3 is 2.14 bits per heavy atom. The average molecular weight is 473 g/mol. The number of ether oxygens (including phenoxy) is 1. The molecule has 0 aliphatic heterocycles. The lowest BCUT2D eigenvalue weighted by molar-refractivity contribution is -0.139. The van der Waals surface area contributed by atoms with Gasteiger partial charge in [0.1, 0.15) is 12.6 Å². The van der Waals surface area contributed by atoms with E-state index >= 15 is 0 Å². The second-order valence-electron chi connectivity index (χ2n) is 8.81. The molecule has 1 aliphatic rings. The van der Waals surface area contributed by atoms with E-state index < -0.39 is 30.4 Å². The van der Waals surface area contributed by atoms with Crippen LogP contribution in [-0.4, -0.2) is 42.8 Å². The Kier molecular flexibility index (Phi) is 6.87. The molecule has 0 radical (unpaired) electrons. The van der Waals surface area contributed by atoms with E-state index in [4.69, 9.17) is 4.74 Å². The van der Waals surface area contributed by atoms with Gasteiger partial charge in [-0.3, -0.25) is 9.59 Å². The molecule has 0 saturated carbocycles. The van der Waals surface area contributed by atoms with Crippen LogP contribution in [0.5, 0.6) is 0 Å². The molecule has 7 heteroatoms. The molecule has 0 fully saturated rings. The van der Waals surface area contributed by atoms with E-state index in [1.807, 2.05) is 74.5 Å². The van der Waals surface area contributed by atoms with Crippen molar-refractivity contribution >= 4 is 23.7 Å². The van der Waals surface area contributed by atoms with E-state index in [0.29, 0.717) is 5.69 Å². The SMILES string of the molecule is Cc1ccc(N(C)C(=O)C(CC(=O)O)NC(=O)OCC2c3ccccc3-c3ccccc32)c(C)c1. The number of benzene rings is 3. The predicted octanol–water partition coefficient (Wildman–Crippen LogP) is 4.65. The van der Waals surface area contributed by atoms with Gasteiger partial charge >= 0.3 is 12.1 Å². The zero-order chi connectivity index (χ0) is 25.1. The van der Waals surface area contributed by atoms with Gasteiger partial charge in [-0.25, -0.2) is 4.79 Å². The van der Waals surface area contributed by atoms with Gasteiger partial charge < -0.3 is 20.1 Å². The fraction of sp³-hybridized carbons (Fsp3) is 0.250. The van der Waals surface area contributed by atoms with Crippen LogP contribution in [0.4, 0.5) is 10.5 Å². The fourth-order valence-electron chi connectivity index (χ4n) is 4.69. The second-order valence-corrected chi connectivity index (χ2v) is 8.81. The third-order valence-electron chi connectivity index (χ3n) is 6.36. The first-order valence-electron chi connectivity index (χ1n) is 11.4. The monoisotopic (exact) mass is 472 g/mol. The maximum Gasteiger partial charge on any atom is 0.407 e. The molecule has 1 atom stereocenters. The molecule has 7 nitrogen and oxygen atoms in total. The summed E-state index contributed by atoms with van der Waals surface area (Å²) in [6, 6.07) is 20.3. The normalized spacial score (nSPS) is 12.9. The summed E-state index contributed by atoms with van der Waals surface area (Å²) in [6.07, 6.45) is -1.39. The van der Waals surface area contributed by atoms with Gasteiger partial charge in [0.2, 0.25) is 5.91 Å². The van der Waals surface area contributed by atoms with Gasteiger partial charge in [-0.1, -0.05) is 66.2 Å². The van der Waals surface area contributed by atoms with Gasteiger partial charge in [0.15, 0.2) is 0 Å². The van der Waals surface area contributed by atoms with Crippen LogP contribution in [0.15, 0.2) is 66.7 Å². The van der Waals surface area contributed by atoms with Crippen molar-refractivity contribution in [2.75, 3.05) is 18.6 Å². The Morgan fingerprint density at radius 2 is 1.57 bits per heavy atom. The third kappa shape index (κ3) is 5.04. The molecule has 4 rings (SSSR count). The number of nitrogens with one attached hydrogen (secondary N) is 1. The molecule has 0 bridgehead atoms. The van der Waals surface area contributed by atoms with Crippen LogP contribution in [-0.2, 0) is 14.3 Å². The number of fused-ring (bicyclic) bond motifs is 3. The van der Waals surface area contributed by atoms with Crippen molar-refractivity contribution in [3.05, 3.63) is 89.0 Å². The summed E-state index contributed by atoms with van der Waals surface area (Å²) < 4.78 is 5.51. The highest BCUT2D eigenvalue weighted by molar-refractivity contribution is 6.00. The molecule has 0 spiro atoms. The Morgan fingerprint density at radius 1 is 0.971 bits per heavy atom. The minimum atomic E-state index is -1.27. The lowest BCUT2D eigenvalue weighted by atomic mass is 9.98. The zero-order valence-electron chi connectivity index (χ0n) is 19.9. The Bertz CT molecular complexity index is 1240. The Labute approximate surface area is 204 Å². The molecule has 1 unspecified atom stereocenters. The second kappa shape index (κ2) is 10.0. The van der Waals surface area contributed by atoms with E-state index in [0.717, 1.165) is 33.4 Å². The summed E-state index contributed by atoms with van der Waals surface area (Å²) in [5, 5.41) is 11.8. The van der Waals surface area contributed by atoms with Crippen molar-refractivity contribution in [1.29, 1.82) is 0 Å². The molecular weight excluding hydrogens is 444 g/mol. The molecule has 0 heterocycles. The quantitative estimate of drug-likeness (QED) is 0.522. The van der Waals surface area contributed by atoms with E-state index in [9.17, 15) is 19.5 Å². The molecule has 0 saturated heterocycles. The highest BCUT2D eigenvalue weighted by Gasteiger charge is 2.31. The van der Waals surface area contributed by atoms with Crippen molar-refractivity contribution in [2.45, 2.75) is 32.2 Å². The van der Waals surface area contributed by atoms with Crippen LogP contribution in [0, 0.1) is 13.8 Å². The summed E-state index contributed by atoms with van der Waals surface area (Å²) >= 11 is 0. The van der Waals surface area contributed by atoms with Crippen molar-refractivity contribution in [3.8, 4) is 11.1 Å². The van der Waals surface area contributed by atoms with Gasteiger partial charge in [-0.15, -0.1) is 0 Å². The number of aryl methyl sites for hydroxylation is 2. The van der Waals surface area contributed by atoms with Crippen LogP contribution < -0.4 is 10.2 Å². The molecule has 1 aliphatic carbocycles. The van der Waals surface area contributed by atoms with Crippen LogP contribution >= 0.6 is 0 Å². The maximum atomic E-state index is 13.1. The first-order chi connectivity index (χ1) is 16.8. The van der Waals surface area contributed by atoms with E-state index in [1.165, 1.54) is 4.90 Å². The number of likely N-dealkylation sites (N-methyl/N-ethyl adjacent to an activating group) is 1. The summed E-state index contributed by atoms with van der Waals surface area (Å²) in [5.41, 5.74) is 6.90. The van der Waals surface area contributed by atoms with Gasteiger partial charge in [0.05, 0.1) is 6.42 Å². The van der Waals surface area contributed by atoms with E-state index in [1.54, 1.807) is 13.1 Å². The Hall–Kier alpha value is -4.13. The van der Waals surface area contributed by atoms with Gasteiger partial charge in [-0.05, 0) is 47.7 Å². The topological polar surface area (TPSA) is 95.9 Å². The molecule has 180 valence electrons. The molecule has 3 aromatic carbocycles. The first kappa shape index (κ1) is 24.0. The number of anilines is 1. The largest absolute Gasteiger partial charge is 0.481 e. The fourth-order valence-corrected chi connectivity index (χ4v) is 4.69. The summed E-state index contributed by atoms with van der Waals surface area (Å²) in [5.74, 6) is -1.87. The van der Waals surface area contributed by atoms with Crippen molar-refractivity contribution < 1.29 is 24.2 Å². The number of carboxylic acid groups (broad SMARTS) is 1. The first-order valence-corrected chi connectivity index (χ1v) is 11.4. The number of nitrogens with zero attached hydrogens (tertiary/aromatic N) is 1. The molecule has 2 N–H and O–H groups in total. The smallest absolute Gasteiger partial charge is 0.407 e. The van der Waals surface area contributed by atoms with E-state index in [2.05, 4.69) is 5.32 Å². The molecular formula is C28H28N2O5. The van der Waals surface area contributed by atoms with Crippen molar-refractivity contribution in [2.24, 2.45) is 0 Å². The average Bonchev–Trinajstić information content (AvgIpc) is 3.15. The number of rotatable bonds is 7. The van der Waals surface area contributed by atoms with Crippen molar-refractivity contribution in [3.63, 3.8) is 0 Å². The molecule has 0 aromatic heterocycles. The highest BCUT2D eigenvalue weighted by Crippen LogP contribution is 2.44. The highest BCUT2D eigenvalue weighted by atomic mass is 16.5. The number of alkyl carbamates (subject to hydrolysis) is 1. The number of carbonyl (C=O) groups is 3. The van der Waals surface area contributed by atoms with Crippen molar-refractivity contribution in [1.82, 2.24) is 5.32 Å². The summed E-state index contributed by atoms with van der Waals surface area (Å²) in [7, 11) is 1.56.